The molecule has 0 amide bonds. The van der Waals surface area contributed by atoms with Crippen molar-refractivity contribution in [2.45, 2.75) is 0 Å². The van der Waals surface area contributed by atoms with E-state index >= 15 is 0 Å². The monoisotopic (exact) mass is 172 g/mol. The topological polar surface area (TPSA) is 9.23 Å². The van der Waals surface area contributed by atoms with Crippen LogP contribution in [-0.2, 0) is 4.74 Å². The molecule has 66 valence electrons. The summed E-state index contributed by atoms with van der Waals surface area (Å²) in [5.74, 6) is 2.41. The second kappa shape index (κ2) is 6.05. The first-order valence-corrected chi connectivity index (χ1v) is 4.16. The van der Waals surface area contributed by atoms with Gasteiger partial charge in [0.05, 0.1) is 6.61 Å². The predicted molar refractivity (Wildman–Crippen MR) is 55.1 cm³/mol. The highest BCUT2D eigenvalue weighted by atomic mass is 16.5. The van der Waals surface area contributed by atoms with Crippen LogP contribution in [0.25, 0.3) is 6.08 Å². The summed E-state index contributed by atoms with van der Waals surface area (Å²) in [4.78, 5) is 0. The van der Waals surface area contributed by atoms with Crippen LogP contribution in [0.5, 0.6) is 0 Å². The lowest BCUT2D eigenvalue weighted by atomic mass is 10.2. The minimum atomic E-state index is 0.374. The molecule has 0 radical (unpaired) electrons. The highest BCUT2D eigenvalue weighted by Gasteiger charge is 1.82. The lowest BCUT2D eigenvalue weighted by Gasteiger charge is -1.93. The Morgan fingerprint density at radius 2 is 2.08 bits per heavy atom. The van der Waals surface area contributed by atoms with E-state index in [1.165, 1.54) is 5.56 Å². The molecular formula is C12H12O. The van der Waals surface area contributed by atoms with Crippen LogP contribution < -0.4 is 0 Å². The number of terminal acetylenes is 1. The van der Waals surface area contributed by atoms with Crippen molar-refractivity contribution in [2.75, 3.05) is 13.2 Å². The largest absolute Gasteiger partial charge is 0.365 e. The molecule has 0 heterocycles. The molecular weight excluding hydrogens is 160 g/mol. The molecule has 0 atom stereocenters. The van der Waals surface area contributed by atoms with Gasteiger partial charge in [-0.05, 0) is 5.56 Å². The fourth-order valence-corrected chi connectivity index (χ4v) is 0.934. The van der Waals surface area contributed by atoms with Gasteiger partial charge in [-0.25, -0.2) is 0 Å². The van der Waals surface area contributed by atoms with Gasteiger partial charge in [-0.1, -0.05) is 48.4 Å². The molecule has 0 N–H and O–H groups in total. The molecule has 0 saturated carbocycles. The van der Waals surface area contributed by atoms with E-state index in [2.05, 4.69) is 5.92 Å². The second-order valence-electron chi connectivity index (χ2n) is 2.53. The van der Waals surface area contributed by atoms with Gasteiger partial charge < -0.3 is 4.74 Å². The summed E-state index contributed by atoms with van der Waals surface area (Å²) in [5, 5.41) is 0. The molecule has 1 heteroatoms. The quantitative estimate of drug-likeness (QED) is 0.500. The summed E-state index contributed by atoms with van der Waals surface area (Å²) in [6.07, 6.45) is 8.98. The van der Waals surface area contributed by atoms with Gasteiger partial charge in [0.15, 0.2) is 0 Å². The van der Waals surface area contributed by atoms with Crippen molar-refractivity contribution in [3.8, 4) is 12.3 Å². The summed E-state index contributed by atoms with van der Waals surface area (Å²) in [6.45, 7) is 0.943. The van der Waals surface area contributed by atoms with Gasteiger partial charge >= 0.3 is 0 Å². The fraction of sp³-hybridized carbons (Fsp3) is 0.167. The minimum absolute atomic E-state index is 0.374. The maximum Gasteiger partial charge on any atom is 0.107 e. The minimum Gasteiger partial charge on any atom is -0.365 e. The van der Waals surface area contributed by atoms with Crippen molar-refractivity contribution in [1.29, 1.82) is 0 Å². The van der Waals surface area contributed by atoms with Gasteiger partial charge in [-0.2, -0.15) is 0 Å². The van der Waals surface area contributed by atoms with Crippen molar-refractivity contribution >= 4 is 6.08 Å². The van der Waals surface area contributed by atoms with Crippen LogP contribution in [0.1, 0.15) is 5.56 Å². The molecule has 0 unspecified atom stereocenters. The molecule has 0 aliphatic carbocycles. The first kappa shape index (κ1) is 9.57. The van der Waals surface area contributed by atoms with E-state index in [1.807, 2.05) is 42.5 Å². The molecule has 0 bridgehead atoms. The summed E-state index contributed by atoms with van der Waals surface area (Å²) in [6, 6.07) is 10.1. The smallest absolute Gasteiger partial charge is 0.107 e. The van der Waals surface area contributed by atoms with Gasteiger partial charge in [0.2, 0.25) is 0 Å². The SMILES string of the molecule is C#CCOC/C=C/c1ccccc1. The van der Waals surface area contributed by atoms with E-state index < -0.39 is 0 Å². The summed E-state index contributed by atoms with van der Waals surface area (Å²) < 4.78 is 5.08. The van der Waals surface area contributed by atoms with E-state index in [0.29, 0.717) is 13.2 Å². The molecule has 1 nitrogen and oxygen atoms in total. The van der Waals surface area contributed by atoms with E-state index in [1.54, 1.807) is 0 Å². The Labute approximate surface area is 79.0 Å². The Morgan fingerprint density at radius 1 is 1.31 bits per heavy atom. The lowest BCUT2D eigenvalue weighted by Crippen LogP contribution is -1.89. The molecule has 13 heavy (non-hydrogen) atoms. The van der Waals surface area contributed by atoms with Gasteiger partial charge in [-0.15, -0.1) is 6.42 Å². The second-order valence-corrected chi connectivity index (χ2v) is 2.53. The number of hydrogen-bond acceptors (Lipinski definition) is 1. The third kappa shape index (κ3) is 4.15. The van der Waals surface area contributed by atoms with Crippen molar-refractivity contribution in [2.24, 2.45) is 0 Å². The molecule has 0 aromatic heterocycles. The van der Waals surface area contributed by atoms with Crippen LogP contribution in [0.4, 0.5) is 0 Å². The zero-order chi connectivity index (χ0) is 9.36. The van der Waals surface area contributed by atoms with Crippen LogP contribution in [0.3, 0.4) is 0 Å². The Hall–Kier alpha value is -1.52. The maximum atomic E-state index is 5.08. The first-order chi connectivity index (χ1) is 6.43. The van der Waals surface area contributed by atoms with Crippen molar-refractivity contribution in [3.05, 3.63) is 42.0 Å². The Bertz CT molecular complexity index is 293. The molecule has 0 fully saturated rings. The van der Waals surface area contributed by atoms with Crippen LogP contribution in [0, 0.1) is 12.3 Å². The third-order valence-corrected chi connectivity index (χ3v) is 1.51. The average Bonchev–Trinajstić information content (AvgIpc) is 2.19. The summed E-state index contributed by atoms with van der Waals surface area (Å²) in [7, 11) is 0. The predicted octanol–water partition coefficient (Wildman–Crippen LogP) is 2.35. The van der Waals surface area contributed by atoms with E-state index in [4.69, 9.17) is 11.2 Å². The fourth-order valence-electron chi connectivity index (χ4n) is 0.934. The third-order valence-electron chi connectivity index (χ3n) is 1.51. The highest BCUT2D eigenvalue weighted by Crippen LogP contribution is 2.00. The Balaban J connectivity index is 2.29. The average molecular weight is 172 g/mol. The number of benzene rings is 1. The first-order valence-electron chi connectivity index (χ1n) is 4.16. The Morgan fingerprint density at radius 3 is 2.77 bits per heavy atom. The van der Waals surface area contributed by atoms with E-state index in [9.17, 15) is 0 Å². The van der Waals surface area contributed by atoms with Gasteiger partial charge in [-0.3, -0.25) is 0 Å². The summed E-state index contributed by atoms with van der Waals surface area (Å²) in [5.41, 5.74) is 1.17. The van der Waals surface area contributed by atoms with Crippen molar-refractivity contribution in [1.82, 2.24) is 0 Å². The molecule has 0 spiro atoms. The molecule has 1 aromatic carbocycles. The van der Waals surface area contributed by atoms with E-state index in [-0.39, 0.29) is 0 Å². The van der Waals surface area contributed by atoms with Crippen LogP contribution >= 0.6 is 0 Å². The number of rotatable bonds is 4. The van der Waals surface area contributed by atoms with Gasteiger partial charge in [0.1, 0.15) is 6.61 Å². The van der Waals surface area contributed by atoms with Crippen LogP contribution in [-0.4, -0.2) is 13.2 Å². The van der Waals surface area contributed by atoms with Crippen molar-refractivity contribution < 1.29 is 4.74 Å². The van der Waals surface area contributed by atoms with Gasteiger partial charge in [0, 0.05) is 0 Å². The van der Waals surface area contributed by atoms with Crippen LogP contribution in [0.15, 0.2) is 36.4 Å². The van der Waals surface area contributed by atoms with Gasteiger partial charge in [0.25, 0.3) is 0 Å². The lowest BCUT2D eigenvalue weighted by molar-refractivity contribution is 0.200. The normalized spacial score (nSPS) is 10.1. The molecule has 1 rings (SSSR count). The molecule has 0 aliphatic heterocycles. The summed E-state index contributed by atoms with van der Waals surface area (Å²) >= 11 is 0. The Kier molecular flexibility index (Phi) is 4.45. The molecule has 0 aliphatic rings. The number of ether oxygens (including phenoxy) is 1. The molecule has 1 aromatic rings. The van der Waals surface area contributed by atoms with Crippen LogP contribution in [0.2, 0.25) is 0 Å². The maximum absolute atomic E-state index is 5.08. The highest BCUT2D eigenvalue weighted by molar-refractivity contribution is 5.48. The zero-order valence-electron chi connectivity index (χ0n) is 7.44. The standard InChI is InChI=1S/C12H12O/c1-2-10-13-11-6-9-12-7-4-3-5-8-12/h1,3-9H,10-11H2/b9-6+. The molecule has 0 saturated heterocycles. The van der Waals surface area contributed by atoms with Crippen molar-refractivity contribution in [3.63, 3.8) is 0 Å². The van der Waals surface area contributed by atoms with E-state index in [0.717, 1.165) is 0 Å². The number of hydrogen-bond donors (Lipinski definition) is 0. The zero-order valence-corrected chi connectivity index (χ0v) is 7.44.